The van der Waals surface area contributed by atoms with Gasteiger partial charge in [0.1, 0.15) is 5.82 Å². The maximum absolute atomic E-state index is 12.9. The summed E-state index contributed by atoms with van der Waals surface area (Å²) in [6, 6.07) is 6.03. The first-order valence-electron chi connectivity index (χ1n) is 6.50. The van der Waals surface area contributed by atoms with Crippen molar-refractivity contribution >= 4 is 18.3 Å². The van der Waals surface area contributed by atoms with Crippen LogP contribution < -0.4 is 10.6 Å². The number of benzene rings is 1. The molecule has 0 spiro atoms. The van der Waals surface area contributed by atoms with Crippen LogP contribution in [0.1, 0.15) is 24.5 Å². The first kappa shape index (κ1) is 16.9. The number of carbonyl (C=O) groups excluding carboxylic acids is 1. The van der Waals surface area contributed by atoms with Gasteiger partial charge in [-0.2, -0.15) is 0 Å². The van der Waals surface area contributed by atoms with Crippen molar-refractivity contribution in [1.82, 2.24) is 10.6 Å². The third-order valence-electron chi connectivity index (χ3n) is 3.36. The molecular weight excluding hydrogens is 283 g/mol. The fourth-order valence-electron chi connectivity index (χ4n) is 2.24. The Labute approximate surface area is 124 Å². The van der Waals surface area contributed by atoms with E-state index in [0.29, 0.717) is 6.54 Å². The van der Waals surface area contributed by atoms with Crippen LogP contribution in [0.4, 0.5) is 4.39 Å². The van der Waals surface area contributed by atoms with Gasteiger partial charge in [-0.1, -0.05) is 12.1 Å². The number of carbonyl (C=O) groups is 1. The van der Waals surface area contributed by atoms with Crippen LogP contribution >= 0.6 is 12.4 Å². The zero-order valence-corrected chi connectivity index (χ0v) is 12.2. The molecule has 1 amide bonds. The topological polar surface area (TPSA) is 50.4 Å². The summed E-state index contributed by atoms with van der Waals surface area (Å²) in [4.78, 5) is 11.9. The maximum atomic E-state index is 12.9. The quantitative estimate of drug-likeness (QED) is 0.872. The van der Waals surface area contributed by atoms with E-state index in [-0.39, 0.29) is 36.3 Å². The van der Waals surface area contributed by atoms with E-state index in [1.807, 2.05) is 0 Å². The minimum absolute atomic E-state index is 0. The van der Waals surface area contributed by atoms with Crippen molar-refractivity contribution in [3.05, 3.63) is 35.6 Å². The molecule has 1 fully saturated rings. The molecule has 4 nitrogen and oxygen atoms in total. The zero-order chi connectivity index (χ0) is 13.7. The van der Waals surface area contributed by atoms with Crippen LogP contribution in [0.3, 0.4) is 0 Å². The van der Waals surface area contributed by atoms with Gasteiger partial charge in [-0.05, 0) is 37.1 Å². The maximum Gasteiger partial charge on any atom is 0.237 e. The number of ether oxygens (including phenoxy) is 1. The molecule has 20 heavy (non-hydrogen) atoms. The van der Waals surface area contributed by atoms with E-state index in [2.05, 4.69) is 10.6 Å². The predicted molar refractivity (Wildman–Crippen MR) is 77.4 cm³/mol. The average Bonchev–Trinajstić information content (AvgIpc) is 2.95. The van der Waals surface area contributed by atoms with E-state index in [4.69, 9.17) is 4.74 Å². The van der Waals surface area contributed by atoms with Gasteiger partial charge in [0.2, 0.25) is 5.91 Å². The Hall–Kier alpha value is -1.17. The first-order chi connectivity index (χ1) is 9.20. The molecule has 1 aliphatic heterocycles. The predicted octanol–water partition coefficient (Wildman–Crippen LogP) is 1.80. The molecule has 1 saturated heterocycles. The average molecular weight is 303 g/mol. The summed E-state index contributed by atoms with van der Waals surface area (Å²) in [5, 5.41) is 6.01. The molecule has 0 aliphatic carbocycles. The summed E-state index contributed by atoms with van der Waals surface area (Å²) in [5.41, 5.74) is 0.851. The van der Waals surface area contributed by atoms with E-state index in [9.17, 15) is 9.18 Å². The lowest BCUT2D eigenvalue weighted by Gasteiger charge is -2.18. The van der Waals surface area contributed by atoms with Gasteiger partial charge in [-0.15, -0.1) is 12.4 Å². The highest BCUT2D eigenvalue weighted by Gasteiger charge is 2.22. The molecule has 1 heterocycles. The molecule has 0 saturated carbocycles. The van der Waals surface area contributed by atoms with Gasteiger partial charge in [0.05, 0.1) is 12.1 Å². The number of halogens is 2. The van der Waals surface area contributed by atoms with Crippen molar-refractivity contribution in [3.63, 3.8) is 0 Å². The SMILES string of the molecule is COC(CNC(=O)C1CCCN1)c1ccc(F)cc1.Cl. The van der Waals surface area contributed by atoms with Gasteiger partial charge in [-0.3, -0.25) is 4.79 Å². The minimum atomic E-state index is -0.280. The zero-order valence-electron chi connectivity index (χ0n) is 11.4. The van der Waals surface area contributed by atoms with Crippen LogP contribution in [0.15, 0.2) is 24.3 Å². The van der Waals surface area contributed by atoms with Crippen molar-refractivity contribution < 1.29 is 13.9 Å². The molecule has 1 aromatic carbocycles. The highest BCUT2D eigenvalue weighted by molar-refractivity contribution is 5.85. The Balaban J connectivity index is 0.00000200. The van der Waals surface area contributed by atoms with E-state index in [1.54, 1.807) is 19.2 Å². The highest BCUT2D eigenvalue weighted by atomic mass is 35.5. The van der Waals surface area contributed by atoms with Gasteiger partial charge in [-0.25, -0.2) is 4.39 Å². The molecule has 2 atom stereocenters. The first-order valence-corrected chi connectivity index (χ1v) is 6.50. The van der Waals surface area contributed by atoms with Gasteiger partial charge < -0.3 is 15.4 Å². The molecule has 0 bridgehead atoms. The van der Waals surface area contributed by atoms with Gasteiger partial charge in [0, 0.05) is 13.7 Å². The third-order valence-corrected chi connectivity index (χ3v) is 3.36. The standard InChI is InChI=1S/C14H19FN2O2.ClH/c1-19-13(10-4-6-11(15)7-5-10)9-17-14(18)12-3-2-8-16-12;/h4-7,12-13,16H,2-3,8-9H2,1H3,(H,17,18);1H. The van der Waals surface area contributed by atoms with Crippen molar-refractivity contribution in [2.45, 2.75) is 25.0 Å². The Morgan fingerprint density at radius 3 is 2.75 bits per heavy atom. The summed E-state index contributed by atoms with van der Waals surface area (Å²) >= 11 is 0. The lowest BCUT2D eigenvalue weighted by molar-refractivity contribution is -0.123. The van der Waals surface area contributed by atoms with Crippen LogP contribution in [0.25, 0.3) is 0 Å². The van der Waals surface area contributed by atoms with Crippen LogP contribution in [0.2, 0.25) is 0 Å². The molecule has 2 rings (SSSR count). The fraction of sp³-hybridized carbons (Fsp3) is 0.500. The van der Waals surface area contributed by atoms with Crippen LogP contribution in [-0.2, 0) is 9.53 Å². The number of rotatable bonds is 5. The number of methoxy groups -OCH3 is 1. The summed E-state index contributed by atoms with van der Waals surface area (Å²) in [6.07, 6.45) is 1.65. The fourth-order valence-corrected chi connectivity index (χ4v) is 2.24. The second kappa shape index (κ2) is 8.19. The normalized spacial score (nSPS) is 19.2. The molecular formula is C14H20ClFN2O2. The highest BCUT2D eigenvalue weighted by Crippen LogP contribution is 2.16. The number of hydrogen-bond donors (Lipinski definition) is 2. The number of hydrogen-bond acceptors (Lipinski definition) is 3. The molecule has 0 aromatic heterocycles. The van der Waals surface area contributed by atoms with Crippen molar-refractivity contribution in [2.24, 2.45) is 0 Å². The second-order valence-corrected chi connectivity index (χ2v) is 4.67. The minimum Gasteiger partial charge on any atom is -0.375 e. The van der Waals surface area contributed by atoms with Gasteiger partial charge in [0.15, 0.2) is 0 Å². The van der Waals surface area contributed by atoms with Crippen molar-refractivity contribution in [1.29, 1.82) is 0 Å². The summed E-state index contributed by atoms with van der Waals surface area (Å²) < 4.78 is 18.2. The Morgan fingerprint density at radius 2 is 2.20 bits per heavy atom. The van der Waals surface area contributed by atoms with E-state index in [1.165, 1.54) is 12.1 Å². The lowest BCUT2D eigenvalue weighted by atomic mass is 10.1. The van der Waals surface area contributed by atoms with E-state index in [0.717, 1.165) is 24.9 Å². The largest absolute Gasteiger partial charge is 0.375 e. The smallest absolute Gasteiger partial charge is 0.237 e. The van der Waals surface area contributed by atoms with Crippen molar-refractivity contribution in [3.8, 4) is 0 Å². The van der Waals surface area contributed by atoms with Crippen molar-refractivity contribution in [2.75, 3.05) is 20.2 Å². The van der Waals surface area contributed by atoms with E-state index >= 15 is 0 Å². The monoisotopic (exact) mass is 302 g/mol. The van der Waals surface area contributed by atoms with E-state index < -0.39 is 0 Å². The Bertz CT molecular complexity index is 422. The van der Waals surface area contributed by atoms with Gasteiger partial charge >= 0.3 is 0 Å². The number of amides is 1. The second-order valence-electron chi connectivity index (χ2n) is 4.67. The summed E-state index contributed by atoms with van der Waals surface area (Å²) in [5.74, 6) is -0.278. The molecule has 0 radical (unpaired) electrons. The van der Waals surface area contributed by atoms with Crippen LogP contribution in [0, 0.1) is 5.82 Å². The lowest BCUT2D eigenvalue weighted by Crippen LogP contribution is -2.42. The summed E-state index contributed by atoms with van der Waals surface area (Å²) in [7, 11) is 1.58. The molecule has 1 aliphatic rings. The molecule has 112 valence electrons. The Morgan fingerprint density at radius 1 is 1.50 bits per heavy atom. The Kier molecular flexibility index (Phi) is 6.91. The molecule has 2 N–H and O–H groups in total. The van der Waals surface area contributed by atoms with Crippen LogP contribution in [0.5, 0.6) is 0 Å². The van der Waals surface area contributed by atoms with Crippen LogP contribution in [-0.4, -0.2) is 32.1 Å². The number of nitrogens with one attached hydrogen (secondary N) is 2. The third kappa shape index (κ3) is 4.44. The molecule has 1 aromatic rings. The molecule has 6 heteroatoms. The summed E-state index contributed by atoms with van der Waals surface area (Å²) in [6.45, 7) is 1.28. The molecule has 2 unspecified atom stereocenters. The van der Waals surface area contributed by atoms with Gasteiger partial charge in [0.25, 0.3) is 0 Å².